The van der Waals surface area contributed by atoms with Crippen molar-refractivity contribution < 1.29 is 38.4 Å². The molecule has 0 amide bonds. The van der Waals surface area contributed by atoms with Gasteiger partial charge in [-0.05, 0) is 54.1 Å². The molecule has 216 valence electrons. The molecule has 1 heterocycles. The summed E-state index contributed by atoms with van der Waals surface area (Å²) in [4.78, 5) is 26.3. The quantitative estimate of drug-likeness (QED) is 0.211. The predicted molar refractivity (Wildman–Crippen MR) is 154 cm³/mol. The van der Waals surface area contributed by atoms with Gasteiger partial charge in [0.1, 0.15) is 18.0 Å². The second-order valence-electron chi connectivity index (χ2n) is 9.69. The van der Waals surface area contributed by atoms with Crippen LogP contribution in [-0.4, -0.2) is 54.4 Å². The molecule has 3 unspecified atom stereocenters. The number of carbonyl (C=O) groups is 2. The van der Waals surface area contributed by atoms with Crippen molar-refractivity contribution in [3.63, 3.8) is 0 Å². The average molecular weight is 570 g/mol. The lowest BCUT2D eigenvalue weighted by molar-refractivity contribution is -0.278. The molecular weight excluding hydrogens is 538 g/mol. The number of aliphatic hydroxyl groups excluding tert-OH is 1. The van der Waals surface area contributed by atoms with Gasteiger partial charge in [0.2, 0.25) is 12.4 Å². The van der Waals surface area contributed by atoms with Gasteiger partial charge in [0.25, 0.3) is 0 Å². The van der Waals surface area contributed by atoms with Gasteiger partial charge in [-0.25, -0.2) is 9.59 Å². The monoisotopic (exact) mass is 569 g/mol. The molecule has 9 heteroatoms. The van der Waals surface area contributed by atoms with E-state index in [0.717, 1.165) is 5.56 Å². The third kappa shape index (κ3) is 7.32. The van der Waals surface area contributed by atoms with E-state index in [1.807, 2.05) is 30.3 Å². The van der Waals surface area contributed by atoms with Crippen molar-refractivity contribution in [3.05, 3.63) is 132 Å². The molecule has 9 nitrogen and oxygen atoms in total. The number of aliphatic hydroxyl groups is 1. The first-order valence-corrected chi connectivity index (χ1v) is 13.5. The summed E-state index contributed by atoms with van der Waals surface area (Å²) < 4.78 is 29.8. The molecule has 1 saturated heterocycles. The molecule has 0 saturated carbocycles. The van der Waals surface area contributed by atoms with Crippen LogP contribution in [0.3, 0.4) is 0 Å². The SMILES string of the molecule is Nc1ccc(O[C@@H]2OC(COCc3ccccc3)[C@H](O)C(OC(=O)c3ccccc3)C2OC(=O)c2ccccc2)cc1. The maximum atomic E-state index is 13.2. The summed E-state index contributed by atoms with van der Waals surface area (Å²) in [7, 11) is 0. The van der Waals surface area contributed by atoms with Gasteiger partial charge in [-0.3, -0.25) is 0 Å². The molecule has 1 aliphatic heterocycles. The van der Waals surface area contributed by atoms with Gasteiger partial charge in [0.15, 0.2) is 6.10 Å². The van der Waals surface area contributed by atoms with Gasteiger partial charge in [0.05, 0.1) is 24.3 Å². The standard InChI is InChI=1S/C33H31NO8/c34-25-16-18-26(19-17-25)39-33-30(42-32(37)24-14-8-3-9-15-24)29(41-31(36)23-12-6-2-7-13-23)28(35)27(40-33)21-38-20-22-10-4-1-5-11-22/h1-19,27-30,33,35H,20-21,34H2/t27?,28-,29?,30?,33+/m0/s1. The number of carbonyl (C=O) groups excluding carboxylic acids is 2. The van der Waals surface area contributed by atoms with Crippen molar-refractivity contribution in [2.24, 2.45) is 0 Å². The second-order valence-corrected chi connectivity index (χ2v) is 9.69. The number of benzene rings is 4. The van der Waals surface area contributed by atoms with Crippen LogP contribution in [0.1, 0.15) is 26.3 Å². The van der Waals surface area contributed by atoms with Crippen molar-refractivity contribution in [1.29, 1.82) is 0 Å². The maximum absolute atomic E-state index is 13.2. The Labute approximate surface area is 243 Å². The highest BCUT2D eigenvalue weighted by molar-refractivity contribution is 5.90. The normalized spacial score (nSPS) is 21.7. The van der Waals surface area contributed by atoms with Gasteiger partial charge in [-0.2, -0.15) is 0 Å². The minimum Gasteiger partial charge on any atom is -0.461 e. The molecule has 0 aliphatic carbocycles. The van der Waals surface area contributed by atoms with Gasteiger partial charge in [0, 0.05) is 5.69 Å². The van der Waals surface area contributed by atoms with Gasteiger partial charge < -0.3 is 34.5 Å². The van der Waals surface area contributed by atoms with Crippen molar-refractivity contribution in [1.82, 2.24) is 0 Å². The van der Waals surface area contributed by atoms with Crippen molar-refractivity contribution in [2.75, 3.05) is 12.3 Å². The largest absolute Gasteiger partial charge is 0.461 e. The molecule has 0 aromatic heterocycles. The average Bonchev–Trinajstić information content (AvgIpc) is 3.03. The van der Waals surface area contributed by atoms with Crippen LogP contribution >= 0.6 is 0 Å². The molecule has 0 bridgehead atoms. The van der Waals surface area contributed by atoms with E-state index < -0.39 is 42.6 Å². The number of nitrogen functional groups attached to an aromatic ring is 1. The van der Waals surface area contributed by atoms with Crippen LogP contribution in [0.15, 0.2) is 115 Å². The molecule has 3 N–H and O–H groups in total. The van der Waals surface area contributed by atoms with Crippen LogP contribution in [0.25, 0.3) is 0 Å². The summed E-state index contributed by atoms with van der Waals surface area (Å²) in [5, 5.41) is 11.5. The summed E-state index contributed by atoms with van der Waals surface area (Å²) in [5.41, 5.74) is 7.81. The predicted octanol–water partition coefficient (Wildman–Crippen LogP) is 4.40. The Morgan fingerprint density at radius 1 is 0.714 bits per heavy atom. The molecule has 4 aromatic carbocycles. The fraction of sp³-hybridized carbons (Fsp3) is 0.212. The maximum Gasteiger partial charge on any atom is 0.338 e. The van der Waals surface area contributed by atoms with Crippen molar-refractivity contribution in [2.45, 2.75) is 37.3 Å². The summed E-state index contributed by atoms with van der Waals surface area (Å²) >= 11 is 0. The zero-order valence-corrected chi connectivity index (χ0v) is 22.7. The first-order chi connectivity index (χ1) is 20.5. The van der Waals surface area contributed by atoms with E-state index in [1.54, 1.807) is 84.9 Å². The number of hydrogen-bond donors (Lipinski definition) is 2. The highest BCUT2D eigenvalue weighted by atomic mass is 16.7. The zero-order valence-electron chi connectivity index (χ0n) is 22.7. The Bertz CT molecular complexity index is 1430. The van der Waals surface area contributed by atoms with E-state index in [2.05, 4.69) is 0 Å². The molecule has 4 aromatic rings. The van der Waals surface area contributed by atoms with E-state index in [1.165, 1.54) is 0 Å². The van der Waals surface area contributed by atoms with Crippen LogP contribution in [0.4, 0.5) is 5.69 Å². The lowest BCUT2D eigenvalue weighted by Gasteiger charge is -2.43. The third-order valence-electron chi connectivity index (χ3n) is 6.65. The molecule has 1 fully saturated rings. The van der Waals surface area contributed by atoms with Crippen LogP contribution in [0.2, 0.25) is 0 Å². The lowest BCUT2D eigenvalue weighted by Crippen LogP contribution is -2.62. The number of ether oxygens (including phenoxy) is 5. The minimum atomic E-state index is -1.42. The number of rotatable bonds is 10. The summed E-state index contributed by atoms with van der Waals surface area (Å²) in [5.74, 6) is -1.05. The van der Waals surface area contributed by atoms with Crippen LogP contribution in [0, 0.1) is 0 Å². The topological polar surface area (TPSA) is 127 Å². The molecule has 42 heavy (non-hydrogen) atoms. The highest BCUT2D eigenvalue weighted by Crippen LogP contribution is 2.30. The fourth-order valence-corrected chi connectivity index (χ4v) is 4.46. The molecule has 5 atom stereocenters. The number of hydrogen-bond acceptors (Lipinski definition) is 9. The molecule has 0 radical (unpaired) electrons. The molecule has 0 spiro atoms. The van der Waals surface area contributed by atoms with Crippen LogP contribution in [-0.2, 0) is 25.6 Å². The Balaban J connectivity index is 1.43. The third-order valence-corrected chi connectivity index (χ3v) is 6.65. The Morgan fingerprint density at radius 3 is 1.81 bits per heavy atom. The van der Waals surface area contributed by atoms with Crippen molar-refractivity contribution >= 4 is 17.6 Å². The zero-order chi connectivity index (χ0) is 29.3. The number of esters is 2. The molecular formula is C33H31NO8. The second kappa shape index (κ2) is 13.8. The first-order valence-electron chi connectivity index (χ1n) is 13.5. The van der Waals surface area contributed by atoms with Crippen molar-refractivity contribution in [3.8, 4) is 5.75 Å². The summed E-state index contributed by atoms with van der Waals surface area (Å²) in [6, 6.07) is 32.7. The van der Waals surface area contributed by atoms with Gasteiger partial charge in [-0.15, -0.1) is 0 Å². The summed E-state index contributed by atoms with van der Waals surface area (Å²) in [6.07, 6.45) is -6.39. The molecule has 5 rings (SSSR count). The van der Waals surface area contributed by atoms with Crippen LogP contribution in [0.5, 0.6) is 5.75 Å². The Morgan fingerprint density at radius 2 is 1.24 bits per heavy atom. The van der Waals surface area contributed by atoms with E-state index in [0.29, 0.717) is 11.4 Å². The molecule has 1 aliphatic rings. The Hall–Kier alpha value is -4.70. The fourth-order valence-electron chi connectivity index (χ4n) is 4.46. The minimum absolute atomic E-state index is 0.0591. The van der Waals surface area contributed by atoms with Crippen LogP contribution < -0.4 is 10.5 Å². The van der Waals surface area contributed by atoms with E-state index in [4.69, 9.17) is 29.4 Å². The smallest absolute Gasteiger partial charge is 0.338 e. The summed E-state index contributed by atoms with van der Waals surface area (Å²) in [6.45, 7) is 0.203. The van der Waals surface area contributed by atoms with E-state index in [-0.39, 0.29) is 24.3 Å². The van der Waals surface area contributed by atoms with E-state index in [9.17, 15) is 14.7 Å². The number of nitrogens with two attached hydrogens (primary N) is 1. The Kier molecular flexibility index (Phi) is 9.45. The first kappa shape index (κ1) is 28.8. The van der Waals surface area contributed by atoms with Gasteiger partial charge in [-0.1, -0.05) is 66.7 Å². The lowest BCUT2D eigenvalue weighted by atomic mass is 9.98. The highest BCUT2D eigenvalue weighted by Gasteiger charge is 2.51. The van der Waals surface area contributed by atoms with Gasteiger partial charge >= 0.3 is 11.9 Å². The van der Waals surface area contributed by atoms with E-state index >= 15 is 0 Å². The number of anilines is 1.